The Labute approximate surface area is 80.0 Å². The molecule has 13 heavy (non-hydrogen) atoms. The average molecular weight is 183 g/mol. The van der Waals surface area contributed by atoms with E-state index in [-0.39, 0.29) is 0 Å². The van der Waals surface area contributed by atoms with E-state index >= 15 is 0 Å². The van der Waals surface area contributed by atoms with Gasteiger partial charge in [0.05, 0.1) is 13.2 Å². The van der Waals surface area contributed by atoms with Gasteiger partial charge in [0.1, 0.15) is 6.61 Å². The molecule has 0 aromatic heterocycles. The van der Waals surface area contributed by atoms with Crippen molar-refractivity contribution in [2.24, 2.45) is 5.92 Å². The van der Waals surface area contributed by atoms with Crippen molar-refractivity contribution in [1.29, 1.82) is 0 Å². The Morgan fingerprint density at radius 3 is 2.62 bits per heavy atom. The van der Waals surface area contributed by atoms with E-state index in [0.717, 1.165) is 26.2 Å². The van der Waals surface area contributed by atoms with Crippen molar-refractivity contribution in [2.45, 2.75) is 0 Å². The fraction of sp³-hybridized carbons (Fsp3) is 0.800. The summed E-state index contributed by atoms with van der Waals surface area (Å²) in [7, 11) is 3.41. The minimum Gasteiger partial charge on any atom is -0.384 e. The maximum atomic E-state index is 5.05. The predicted molar refractivity (Wildman–Crippen MR) is 51.5 cm³/mol. The highest BCUT2D eigenvalue weighted by Gasteiger charge is 2.25. The van der Waals surface area contributed by atoms with Gasteiger partial charge in [-0.3, -0.25) is 4.90 Å². The molecule has 74 valence electrons. The molecule has 0 saturated carbocycles. The number of nitrogens with zero attached hydrogens (tertiary/aromatic N) is 1. The van der Waals surface area contributed by atoms with Crippen molar-refractivity contribution in [2.75, 3.05) is 47.1 Å². The molecule has 3 nitrogen and oxygen atoms in total. The number of likely N-dealkylation sites (tertiary alicyclic amines) is 1. The first-order valence-corrected chi connectivity index (χ1v) is 4.52. The van der Waals surface area contributed by atoms with Gasteiger partial charge < -0.3 is 9.47 Å². The van der Waals surface area contributed by atoms with Crippen LogP contribution in [0.5, 0.6) is 0 Å². The average Bonchev–Trinajstić information content (AvgIpc) is 2.07. The third-order valence-electron chi connectivity index (χ3n) is 2.08. The van der Waals surface area contributed by atoms with Crippen LogP contribution in [-0.4, -0.2) is 52.0 Å². The Bertz CT molecular complexity index is 189. The Kier molecular flexibility index (Phi) is 4.84. The highest BCUT2D eigenvalue weighted by Crippen LogP contribution is 2.13. The number of hydrogen-bond donors (Lipinski definition) is 0. The second kappa shape index (κ2) is 5.98. The summed E-state index contributed by atoms with van der Waals surface area (Å²) >= 11 is 0. The molecule has 1 fully saturated rings. The molecule has 0 atom stereocenters. The lowest BCUT2D eigenvalue weighted by Crippen LogP contribution is -2.48. The summed E-state index contributed by atoms with van der Waals surface area (Å²) < 4.78 is 9.88. The molecular weight excluding hydrogens is 166 g/mol. The van der Waals surface area contributed by atoms with Crippen molar-refractivity contribution < 1.29 is 9.47 Å². The molecule has 1 rings (SSSR count). The Balaban J connectivity index is 1.99. The van der Waals surface area contributed by atoms with Gasteiger partial charge in [-0.1, -0.05) is 11.8 Å². The molecular formula is C10H17NO2. The molecule has 1 aliphatic rings. The van der Waals surface area contributed by atoms with Crippen molar-refractivity contribution in [1.82, 2.24) is 4.90 Å². The van der Waals surface area contributed by atoms with Crippen LogP contribution < -0.4 is 0 Å². The SMILES string of the molecule is COCC#CCN1CC(COC)C1. The first-order chi connectivity index (χ1) is 6.36. The summed E-state index contributed by atoms with van der Waals surface area (Å²) in [5.41, 5.74) is 0. The van der Waals surface area contributed by atoms with Gasteiger partial charge in [0.15, 0.2) is 0 Å². The second-order valence-electron chi connectivity index (χ2n) is 3.30. The lowest BCUT2D eigenvalue weighted by Gasteiger charge is -2.37. The van der Waals surface area contributed by atoms with E-state index in [2.05, 4.69) is 16.7 Å². The topological polar surface area (TPSA) is 21.7 Å². The zero-order chi connectivity index (χ0) is 9.52. The summed E-state index contributed by atoms with van der Waals surface area (Å²) in [6, 6.07) is 0. The van der Waals surface area contributed by atoms with E-state index in [9.17, 15) is 0 Å². The first-order valence-electron chi connectivity index (χ1n) is 4.52. The van der Waals surface area contributed by atoms with Crippen LogP contribution in [0.2, 0.25) is 0 Å². The first kappa shape index (κ1) is 10.5. The van der Waals surface area contributed by atoms with Gasteiger partial charge in [0.2, 0.25) is 0 Å². The fourth-order valence-corrected chi connectivity index (χ4v) is 1.44. The van der Waals surface area contributed by atoms with E-state index in [4.69, 9.17) is 9.47 Å². The van der Waals surface area contributed by atoms with Crippen molar-refractivity contribution in [3.63, 3.8) is 0 Å². The van der Waals surface area contributed by atoms with Gasteiger partial charge in [0, 0.05) is 33.2 Å². The molecule has 0 aromatic rings. The number of ether oxygens (including phenoxy) is 2. The quantitative estimate of drug-likeness (QED) is 0.582. The molecule has 1 heterocycles. The summed E-state index contributed by atoms with van der Waals surface area (Å²) in [4.78, 5) is 2.31. The van der Waals surface area contributed by atoms with Crippen LogP contribution in [0.3, 0.4) is 0 Å². The van der Waals surface area contributed by atoms with Gasteiger partial charge in [-0.2, -0.15) is 0 Å². The lowest BCUT2D eigenvalue weighted by molar-refractivity contribution is 0.0433. The molecule has 0 unspecified atom stereocenters. The van der Waals surface area contributed by atoms with Crippen LogP contribution in [-0.2, 0) is 9.47 Å². The Morgan fingerprint density at radius 2 is 2.00 bits per heavy atom. The minimum atomic E-state index is 0.537. The monoisotopic (exact) mass is 183 g/mol. The van der Waals surface area contributed by atoms with E-state index in [1.54, 1.807) is 14.2 Å². The van der Waals surface area contributed by atoms with E-state index < -0.39 is 0 Å². The molecule has 0 N–H and O–H groups in total. The molecule has 3 heteroatoms. The van der Waals surface area contributed by atoms with Crippen LogP contribution in [0.15, 0.2) is 0 Å². The number of rotatable bonds is 4. The van der Waals surface area contributed by atoms with Gasteiger partial charge in [-0.05, 0) is 0 Å². The zero-order valence-corrected chi connectivity index (χ0v) is 8.38. The lowest BCUT2D eigenvalue weighted by atomic mass is 10.0. The number of methoxy groups -OCH3 is 2. The van der Waals surface area contributed by atoms with Gasteiger partial charge >= 0.3 is 0 Å². The highest BCUT2D eigenvalue weighted by molar-refractivity contribution is 5.03. The van der Waals surface area contributed by atoms with Crippen molar-refractivity contribution in [3.8, 4) is 11.8 Å². The molecule has 0 spiro atoms. The third-order valence-corrected chi connectivity index (χ3v) is 2.08. The summed E-state index contributed by atoms with van der Waals surface area (Å²) in [6.07, 6.45) is 0. The van der Waals surface area contributed by atoms with Crippen LogP contribution in [0.4, 0.5) is 0 Å². The Hall–Kier alpha value is -0.560. The van der Waals surface area contributed by atoms with Gasteiger partial charge in [-0.25, -0.2) is 0 Å². The van der Waals surface area contributed by atoms with E-state index in [0.29, 0.717) is 12.5 Å². The van der Waals surface area contributed by atoms with Gasteiger partial charge in [0.25, 0.3) is 0 Å². The molecule has 1 saturated heterocycles. The molecule has 0 radical (unpaired) electrons. The molecule has 0 bridgehead atoms. The molecule has 0 amide bonds. The van der Waals surface area contributed by atoms with Crippen LogP contribution >= 0.6 is 0 Å². The maximum Gasteiger partial charge on any atom is 0.107 e. The highest BCUT2D eigenvalue weighted by atomic mass is 16.5. The van der Waals surface area contributed by atoms with Crippen LogP contribution in [0.25, 0.3) is 0 Å². The third kappa shape index (κ3) is 3.77. The van der Waals surface area contributed by atoms with Crippen molar-refractivity contribution in [3.05, 3.63) is 0 Å². The van der Waals surface area contributed by atoms with E-state index in [1.807, 2.05) is 0 Å². The van der Waals surface area contributed by atoms with E-state index in [1.165, 1.54) is 0 Å². The molecule has 0 aromatic carbocycles. The largest absolute Gasteiger partial charge is 0.384 e. The fourth-order valence-electron chi connectivity index (χ4n) is 1.44. The van der Waals surface area contributed by atoms with Crippen molar-refractivity contribution >= 4 is 0 Å². The summed E-state index contributed by atoms with van der Waals surface area (Å²) in [6.45, 7) is 4.52. The van der Waals surface area contributed by atoms with Crippen LogP contribution in [0, 0.1) is 17.8 Å². The summed E-state index contributed by atoms with van der Waals surface area (Å²) in [5.74, 6) is 6.71. The smallest absolute Gasteiger partial charge is 0.107 e. The van der Waals surface area contributed by atoms with Gasteiger partial charge in [-0.15, -0.1) is 0 Å². The second-order valence-corrected chi connectivity index (χ2v) is 3.30. The standard InChI is InChI=1S/C10H17NO2/c1-12-6-4-3-5-11-7-10(8-11)9-13-2/h10H,5-9H2,1-2H3. The maximum absolute atomic E-state index is 5.05. The van der Waals surface area contributed by atoms with Crippen LogP contribution in [0.1, 0.15) is 0 Å². The minimum absolute atomic E-state index is 0.537. The Morgan fingerprint density at radius 1 is 1.23 bits per heavy atom. The zero-order valence-electron chi connectivity index (χ0n) is 8.38. The number of hydrogen-bond acceptors (Lipinski definition) is 3. The summed E-state index contributed by atoms with van der Waals surface area (Å²) in [5, 5.41) is 0. The molecule has 0 aliphatic carbocycles. The predicted octanol–water partition coefficient (Wildman–Crippen LogP) is 0.214. The normalized spacial score (nSPS) is 17.7. The molecule has 1 aliphatic heterocycles.